The predicted molar refractivity (Wildman–Crippen MR) is 106 cm³/mol. The first kappa shape index (κ1) is 21.2. The third-order valence-corrected chi connectivity index (χ3v) is 3.80. The second kappa shape index (κ2) is 11.7. The fourth-order valence-corrected chi connectivity index (χ4v) is 2.39. The zero-order valence-corrected chi connectivity index (χ0v) is 17.0. The van der Waals surface area contributed by atoms with Crippen molar-refractivity contribution in [2.45, 2.75) is 45.3 Å². The summed E-state index contributed by atoms with van der Waals surface area (Å²) in [4.78, 5) is 4.60. The van der Waals surface area contributed by atoms with Gasteiger partial charge in [-0.2, -0.15) is 0 Å². The van der Waals surface area contributed by atoms with Crippen LogP contribution in [0.25, 0.3) is 0 Å². The molecule has 0 amide bonds. The van der Waals surface area contributed by atoms with E-state index in [0.717, 1.165) is 57.0 Å². The van der Waals surface area contributed by atoms with Crippen LogP contribution in [0.1, 0.15) is 38.9 Å². The van der Waals surface area contributed by atoms with Gasteiger partial charge in [-0.25, -0.2) is 0 Å². The van der Waals surface area contributed by atoms with Gasteiger partial charge in [0.05, 0.1) is 19.5 Å². The van der Waals surface area contributed by atoms with Gasteiger partial charge in [0.15, 0.2) is 11.7 Å². The van der Waals surface area contributed by atoms with E-state index in [-0.39, 0.29) is 24.0 Å². The standard InChI is InChI=1S/C17H29N3O3.HI/c1-3-4-9-18-16(19-10-7-15-6-5-12-21-15)20-11-8-17(2)22-13-14-23-17;/h5-6,12H,3-4,7-11,13-14H2,1-2H3,(H2,18,19,20);1H. The molecule has 0 atom stereocenters. The minimum Gasteiger partial charge on any atom is -0.469 e. The molecule has 0 spiro atoms. The van der Waals surface area contributed by atoms with Crippen LogP contribution in [0.15, 0.2) is 27.8 Å². The van der Waals surface area contributed by atoms with Gasteiger partial charge in [-0.3, -0.25) is 4.99 Å². The SMILES string of the molecule is CCCCN=C(NCCc1ccco1)NCCC1(C)OCCO1.I. The summed E-state index contributed by atoms with van der Waals surface area (Å²) < 4.78 is 16.6. The van der Waals surface area contributed by atoms with Crippen LogP contribution in [0.4, 0.5) is 0 Å². The van der Waals surface area contributed by atoms with Gasteiger partial charge >= 0.3 is 0 Å². The zero-order chi connectivity index (χ0) is 16.4. The Hall–Kier alpha value is -0.800. The van der Waals surface area contributed by atoms with Crippen LogP contribution in [-0.4, -0.2) is 44.6 Å². The molecule has 1 aromatic heterocycles. The van der Waals surface area contributed by atoms with Crippen molar-refractivity contribution in [3.05, 3.63) is 24.2 Å². The molecule has 24 heavy (non-hydrogen) atoms. The maximum absolute atomic E-state index is 5.62. The molecule has 1 saturated heterocycles. The summed E-state index contributed by atoms with van der Waals surface area (Å²) in [6, 6.07) is 3.89. The van der Waals surface area contributed by atoms with Crippen LogP contribution in [0.3, 0.4) is 0 Å². The fraction of sp³-hybridized carbons (Fsp3) is 0.706. The number of nitrogens with zero attached hydrogens (tertiary/aromatic N) is 1. The second-order valence-electron chi connectivity index (χ2n) is 5.85. The molecule has 0 radical (unpaired) electrons. The van der Waals surface area contributed by atoms with Crippen molar-refractivity contribution in [1.29, 1.82) is 0 Å². The van der Waals surface area contributed by atoms with E-state index in [1.54, 1.807) is 6.26 Å². The number of hydrogen-bond donors (Lipinski definition) is 2. The summed E-state index contributed by atoms with van der Waals surface area (Å²) in [5.74, 6) is 1.35. The predicted octanol–water partition coefficient (Wildman–Crippen LogP) is 2.93. The second-order valence-corrected chi connectivity index (χ2v) is 5.85. The Kier molecular flexibility index (Phi) is 10.4. The molecular weight excluding hydrogens is 421 g/mol. The number of furan rings is 1. The molecule has 2 N–H and O–H groups in total. The topological polar surface area (TPSA) is 68.0 Å². The molecule has 1 aromatic rings. The van der Waals surface area contributed by atoms with Crippen molar-refractivity contribution in [3.8, 4) is 0 Å². The maximum atomic E-state index is 5.62. The van der Waals surface area contributed by atoms with Gasteiger partial charge in [-0.15, -0.1) is 24.0 Å². The first-order valence-electron chi connectivity index (χ1n) is 8.54. The number of unbranched alkanes of at least 4 members (excludes halogenated alkanes) is 1. The molecule has 0 saturated carbocycles. The normalized spacial score (nSPS) is 16.7. The average molecular weight is 451 g/mol. The molecule has 0 unspecified atom stereocenters. The lowest BCUT2D eigenvalue weighted by Crippen LogP contribution is -2.41. The van der Waals surface area contributed by atoms with E-state index in [9.17, 15) is 0 Å². The summed E-state index contributed by atoms with van der Waals surface area (Å²) in [5, 5.41) is 6.71. The largest absolute Gasteiger partial charge is 0.469 e. The lowest BCUT2D eigenvalue weighted by molar-refractivity contribution is -0.145. The Morgan fingerprint density at radius 1 is 1.25 bits per heavy atom. The van der Waals surface area contributed by atoms with E-state index < -0.39 is 5.79 Å². The summed E-state index contributed by atoms with van der Waals surface area (Å²) in [6.07, 6.45) is 5.56. The molecule has 6 nitrogen and oxygen atoms in total. The van der Waals surface area contributed by atoms with E-state index in [1.165, 1.54) is 0 Å². The summed E-state index contributed by atoms with van der Waals surface area (Å²) in [7, 11) is 0. The van der Waals surface area contributed by atoms with E-state index in [1.807, 2.05) is 19.1 Å². The van der Waals surface area contributed by atoms with Crippen molar-refractivity contribution < 1.29 is 13.9 Å². The Bertz CT molecular complexity index is 460. The highest BCUT2D eigenvalue weighted by atomic mass is 127. The molecular formula is C17H30IN3O3. The maximum Gasteiger partial charge on any atom is 0.191 e. The van der Waals surface area contributed by atoms with E-state index in [0.29, 0.717) is 13.2 Å². The first-order chi connectivity index (χ1) is 11.2. The van der Waals surface area contributed by atoms with Gasteiger partial charge in [0.1, 0.15) is 5.76 Å². The highest BCUT2D eigenvalue weighted by Crippen LogP contribution is 2.21. The highest BCUT2D eigenvalue weighted by Gasteiger charge is 2.30. The molecule has 0 aromatic carbocycles. The third kappa shape index (κ3) is 7.85. The molecule has 7 heteroatoms. The van der Waals surface area contributed by atoms with E-state index >= 15 is 0 Å². The van der Waals surface area contributed by atoms with Crippen molar-refractivity contribution in [2.75, 3.05) is 32.8 Å². The molecule has 0 aliphatic carbocycles. The first-order valence-corrected chi connectivity index (χ1v) is 8.54. The minimum absolute atomic E-state index is 0. The average Bonchev–Trinajstić information content (AvgIpc) is 3.19. The summed E-state index contributed by atoms with van der Waals surface area (Å²) >= 11 is 0. The Morgan fingerprint density at radius 3 is 2.67 bits per heavy atom. The Balaban J connectivity index is 0.00000288. The van der Waals surface area contributed by atoms with Crippen LogP contribution in [0, 0.1) is 0 Å². The number of guanidine groups is 1. The van der Waals surface area contributed by atoms with Gasteiger partial charge in [-0.1, -0.05) is 13.3 Å². The quantitative estimate of drug-likeness (QED) is 0.262. The fourth-order valence-electron chi connectivity index (χ4n) is 2.39. The molecule has 1 aliphatic rings. The summed E-state index contributed by atoms with van der Waals surface area (Å²) in [6.45, 7) is 7.88. The van der Waals surface area contributed by atoms with E-state index in [2.05, 4.69) is 22.5 Å². The van der Waals surface area contributed by atoms with Crippen LogP contribution in [0.5, 0.6) is 0 Å². The smallest absolute Gasteiger partial charge is 0.191 e. The lowest BCUT2D eigenvalue weighted by Gasteiger charge is -2.23. The van der Waals surface area contributed by atoms with Crippen molar-refractivity contribution in [2.24, 2.45) is 4.99 Å². The van der Waals surface area contributed by atoms with Gasteiger partial charge < -0.3 is 24.5 Å². The Morgan fingerprint density at radius 2 is 2.00 bits per heavy atom. The van der Waals surface area contributed by atoms with Crippen LogP contribution >= 0.6 is 24.0 Å². The van der Waals surface area contributed by atoms with Gasteiger partial charge in [0.25, 0.3) is 0 Å². The number of aliphatic imine (C=N–C) groups is 1. The van der Waals surface area contributed by atoms with Crippen LogP contribution in [-0.2, 0) is 15.9 Å². The number of halogens is 1. The summed E-state index contributed by atoms with van der Waals surface area (Å²) in [5.41, 5.74) is 0. The molecule has 2 heterocycles. The van der Waals surface area contributed by atoms with Crippen molar-refractivity contribution in [1.82, 2.24) is 10.6 Å². The Labute approximate surface area is 161 Å². The number of rotatable bonds is 9. The van der Waals surface area contributed by atoms with Crippen molar-refractivity contribution in [3.63, 3.8) is 0 Å². The van der Waals surface area contributed by atoms with Gasteiger partial charge in [0.2, 0.25) is 0 Å². The van der Waals surface area contributed by atoms with Gasteiger partial charge in [-0.05, 0) is 25.5 Å². The van der Waals surface area contributed by atoms with E-state index in [4.69, 9.17) is 13.9 Å². The minimum atomic E-state index is -0.463. The number of hydrogen-bond acceptors (Lipinski definition) is 4. The highest BCUT2D eigenvalue weighted by molar-refractivity contribution is 14.0. The van der Waals surface area contributed by atoms with Gasteiger partial charge in [0, 0.05) is 32.5 Å². The monoisotopic (exact) mass is 451 g/mol. The van der Waals surface area contributed by atoms with Crippen LogP contribution in [0.2, 0.25) is 0 Å². The molecule has 138 valence electrons. The third-order valence-electron chi connectivity index (χ3n) is 3.80. The number of ether oxygens (including phenoxy) is 2. The number of nitrogens with one attached hydrogen (secondary N) is 2. The van der Waals surface area contributed by atoms with Crippen LogP contribution < -0.4 is 10.6 Å². The molecule has 1 fully saturated rings. The molecule has 2 rings (SSSR count). The van der Waals surface area contributed by atoms with Crippen molar-refractivity contribution >= 4 is 29.9 Å². The molecule has 0 bridgehead atoms. The molecule has 1 aliphatic heterocycles. The lowest BCUT2D eigenvalue weighted by atomic mass is 10.2. The zero-order valence-electron chi connectivity index (χ0n) is 14.7.